The molecule has 8 heteroatoms. The van der Waals surface area contributed by atoms with Gasteiger partial charge in [-0.3, -0.25) is 0 Å². The molecule has 0 saturated heterocycles. The van der Waals surface area contributed by atoms with Crippen LogP contribution in [0.3, 0.4) is 0 Å². The average molecular weight is 299 g/mol. The highest BCUT2D eigenvalue weighted by atomic mass is 19.3. The smallest absolute Gasteiger partial charge is 0.387 e. The standard InChI is InChI=1S/C13H15F2N3O3/c1-19-10-3-2-9(6-11(10)21-13(14)15)7-16-5-4-12-17-8-20-18-12/h2-3,6,8,13,16H,4-5,7H2,1H3. The van der Waals surface area contributed by atoms with Gasteiger partial charge in [0.1, 0.15) is 0 Å². The molecule has 0 aliphatic heterocycles. The maximum atomic E-state index is 12.3. The van der Waals surface area contributed by atoms with Crippen molar-refractivity contribution in [2.75, 3.05) is 13.7 Å². The first-order valence-corrected chi connectivity index (χ1v) is 6.26. The Labute approximate surface area is 120 Å². The van der Waals surface area contributed by atoms with Gasteiger partial charge in [-0.2, -0.15) is 13.8 Å². The number of alkyl halides is 2. The van der Waals surface area contributed by atoms with Gasteiger partial charge in [-0.1, -0.05) is 11.2 Å². The van der Waals surface area contributed by atoms with E-state index < -0.39 is 6.61 Å². The molecule has 6 nitrogen and oxygen atoms in total. The normalized spacial score (nSPS) is 10.9. The van der Waals surface area contributed by atoms with Gasteiger partial charge < -0.3 is 19.3 Å². The van der Waals surface area contributed by atoms with Crippen molar-refractivity contribution in [3.63, 3.8) is 0 Å². The minimum absolute atomic E-state index is 0.0185. The van der Waals surface area contributed by atoms with E-state index in [2.05, 4.69) is 24.7 Å². The van der Waals surface area contributed by atoms with Gasteiger partial charge in [0.15, 0.2) is 17.3 Å². The molecule has 1 N–H and O–H groups in total. The molecule has 2 aromatic rings. The average Bonchev–Trinajstić information content (AvgIpc) is 2.96. The van der Waals surface area contributed by atoms with Crippen LogP contribution in [0.2, 0.25) is 0 Å². The molecule has 2 rings (SSSR count). The Bertz CT molecular complexity index is 550. The van der Waals surface area contributed by atoms with Crippen LogP contribution in [-0.2, 0) is 13.0 Å². The first-order chi connectivity index (χ1) is 10.2. The van der Waals surface area contributed by atoms with Crippen molar-refractivity contribution in [3.05, 3.63) is 36.0 Å². The Kier molecular flexibility index (Phi) is 5.44. The molecular formula is C13H15F2N3O3. The van der Waals surface area contributed by atoms with Gasteiger partial charge in [-0.05, 0) is 17.7 Å². The number of hydrogen-bond donors (Lipinski definition) is 1. The first kappa shape index (κ1) is 15.2. The van der Waals surface area contributed by atoms with E-state index in [0.29, 0.717) is 25.3 Å². The third kappa shape index (κ3) is 4.67. The van der Waals surface area contributed by atoms with Crippen molar-refractivity contribution >= 4 is 0 Å². The van der Waals surface area contributed by atoms with Crippen LogP contribution in [0.5, 0.6) is 11.5 Å². The Morgan fingerprint density at radius 2 is 2.19 bits per heavy atom. The van der Waals surface area contributed by atoms with Crippen LogP contribution >= 0.6 is 0 Å². The van der Waals surface area contributed by atoms with Crippen LogP contribution < -0.4 is 14.8 Å². The summed E-state index contributed by atoms with van der Waals surface area (Å²) in [5.74, 6) is 0.898. The second kappa shape index (κ2) is 7.53. The predicted molar refractivity (Wildman–Crippen MR) is 69.3 cm³/mol. The van der Waals surface area contributed by atoms with Crippen LogP contribution in [0.15, 0.2) is 29.1 Å². The van der Waals surface area contributed by atoms with Crippen LogP contribution in [0.4, 0.5) is 8.78 Å². The summed E-state index contributed by atoms with van der Waals surface area (Å²) >= 11 is 0. The maximum absolute atomic E-state index is 12.3. The minimum atomic E-state index is -2.89. The summed E-state index contributed by atoms with van der Waals surface area (Å²) in [5.41, 5.74) is 0.805. The van der Waals surface area contributed by atoms with Gasteiger partial charge in [0.05, 0.1) is 7.11 Å². The fourth-order valence-corrected chi connectivity index (χ4v) is 1.75. The molecule has 0 atom stereocenters. The second-order valence-electron chi connectivity index (χ2n) is 4.14. The molecule has 0 fully saturated rings. The van der Waals surface area contributed by atoms with Gasteiger partial charge in [0.25, 0.3) is 0 Å². The summed E-state index contributed by atoms with van der Waals surface area (Å²) < 4.78 is 38.6. The zero-order chi connectivity index (χ0) is 15.1. The van der Waals surface area contributed by atoms with E-state index in [1.165, 1.54) is 19.6 Å². The van der Waals surface area contributed by atoms with Crippen LogP contribution in [-0.4, -0.2) is 30.4 Å². The molecule has 0 amide bonds. The van der Waals surface area contributed by atoms with Crippen LogP contribution in [0.25, 0.3) is 0 Å². The number of hydrogen-bond acceptors (Lipinski definition) is 6. The second-order valence-corrected chi connectivity index (χ2v) is 4.14. The largest absolute Gasteiger partial charge is 0.493 e. The summed E-state index contributed by atoms with van der Waals surface area (Å²) in [5, 5.41) is 6.84. The van der Waals surface area contributed by atoms with E-state index >= 15 is 0 Å². The van der Waals surface area contributed by atoms with Crippen molar-refractivity contribution in [3.8, 4) is 11.5 Å². The summed E-state index contributed by atoms with van der Waals surface area (Å²) in [6.45, 7) is -1.75. The van der Waals surface area contributed by atoms with Gasteiger partial charge >= 0.3 is 6.61 Å². The van der Waals surface area contributed by atoms with E-state index in [-0.39, 0.29) is 11.5 Å². The third-order valence-corrected chi connectivity index (χ3v) is 2.71. The molecule has 0 unspecified atom stereocenters. The molecule has 21 heavy (non-hydrogen) atoms. The minimum Gasteiger partial charge on any atom is -0.493 e. The first-order valence-electron chi connectivity index (χ1n) is 6.26. The number of aromatic nitrogens is 2. The molecule has 1 aromatic heterocycles. The van der Waals surface area contributed by atoms with Gasteiger partial charge in [0.2, 0.25) is 6.39 Å². The van der Waals surface area contributed by atoms with Crippen molar-refractivity contribution in [1.29, 1.82) is 0 Å². The quantitative estimate of drug-likeness (QED) is 0.752. The number of halogens is 2. The summed E-state index contributed by atoms with van der Waals surface area (Å²) in [6.07, 6.45) is 1.89. The van der Waals surface area contributed by atoms with Crippen molar-refractivity contribution in [2.45, 2.75) is 19.6 Å². The Hall–Kier alpha value is -2.22. The Morgan fingerprint density at radius 3 is 2.86 bits per heavy atom. The van der Waals surface area contributed by atoms with E-state index in [1.54, 1.807) is 12.1 Å². The molecule has 0 saturated carbocycles. The Balaban J connectivity index is 1.87. The molecular weight excluding hydrogens is 284 g/mol. The topological polar surface area (TPSA) is 69.4 Å². The monoisotopic (exact) mass is 299 g/mol. The number of methoxy groups -OCH3 is 1. The number of ether oxygens (including phenoxy) is 2. The lowest BCUT2D eigenvalue weighted by atomic mass is 10.2. The van der Waals surface area contributed by atoms with Gasteiger partial charge in [-0.15, -0.1) is 0 Å². The number of rotatable bonds is 8. The molecule has 0 bridgehead atoms. The molecule has 1 heterocycles. The summed E-state index contributed by atoms with van der Waals surface area (Å²) in [4.78, 5) is 3.89. The lowest BCUT2D eigenvalue weighted by molar-refractivity contribution is -0.0512. The molecule has 0 radical (unpaired) electrons. The number of nitrogens with zero attached hydrogens (tertiary/aromatic N) is 2. The van der Waals surface area contributed by atoms with E-state index in [1.807, 2.05) is 0 Å². The highest BCUT2D eigenvalue weighted by Crippen LogP contribution is 2.29. The highest BCUT2D eigenvalue weighted by Gasteiger charge is 2.11. The van der Waals surface area contributed by atoms with Crippen LogP contribution in [0, 0.1) is 0 Å². The Morgan fingerprint density at radius 1 is 1.33 bits per heavy atom. The molecule has 0 aliphatic carbocycles. The summed E-state index contributed by atoms with van der Waals surface area (Å²) in [6, 6.07) is 4.89. The van der Waals surface area contributed by atoms with Crippen molar-refractivity contribution in [1.82, 2.24) is 15.5 Å². The zero-order valence-corrected chi connectivity index (χ0v) is 11.4. The predicted octanol–water partition coefficient (Wildman–Crippen LogP) is 2.01. The van der Waals surface area contributed by atoms with Gasteiger partial charge in [0, 0.05) is 19.5 Å². The van der Waals surface area contributed by atoms with Crippen LogP contribution in [0.1, 0.15) is 11.4 Å². The maximum Gasteiger partial charge on any atom is 0.387 e. The zero-order valence-electron chi connectivity index (χ0n) is 11.4. The lowest BCUT2D eigenvalue weighted by Crippen LogP contribution is -2.17. The third-order valence-electron chi connectivity index (χ3n) is 2.71. The van der Waals surface area contributed by atoms with E-state index in [4.69, 9.17) is 4.74 Å². The van der Waals surface area contributed by atoms with Gasteiger partial charge in [-0.25, -0.2) is 0 Å². The van der Waals surface area contributed by atoms with Crippen molar-refractivity contribution < 1.29 is 22.8 Å². The molecule has 114 valence electrons. The lowest BCUT2D eigenvalue weighted by Gasteiger charge is -2.11. The van der Waals surface area contributed by atoms with E-state index in [9.17, 15) is 8.78 Å². The molecule has 1 aromatic carbocycles. The molecule has 0 spiro atoms. The van der Waals surface area contributed by atoms with E-state index in [0.717, 1.165) is 5.56 Å². The fraction of sp³-hybridized carbons (Fsp3) is 0.385. The summed E-state index contributed by atoms with van der Waals surface area (Å²) in [7, 11) is 1.40. The number of nitrogens with one attached hydrogen (secondary N) is 1. The highest BCUT2D eigenvalue weighted by molar-refractivity contribution is 5.42. The number of benzene rings is 1. The SMILES string of the molecule is COc1ccc(CNCCc2ncon2)cc1OC(F)F. The fourth-order valence-electron chi connectivity index (χ4n) is 1.75. The molecule has 0 aliphatic rings. The van der Waals surface area contributed by atoms with Crippen molar-refractivity contribution in [2.24, 2.45) is 0 Å².